The van der Waals surface area contributed by atoms with Crippen molar-refractivity contribution in [3.63, 3.8) is 0 Å². The molecular weight excluding hydrogens is 243 g/mol. The average Bonchev–Trinajstić information content (AvgIpc) is 2.47. The Kier molecular flexibility index (Phi) is 3.03. The van der Waals surface area contributed by atoms with Gasteiger partial charge in [-0.15, -0.1) is 0 Å². The van der Waals surface area contributed by atoms with E-state index in [0.717, 1.165) is 36.0 Å². The van der Waals surface area contributed by atoms with E-state index in [1.54, 1.807) is 6.07 Å². The van der Waals surface area contributed by atoms with Crippen LogP contribution in [-0.2, 0) is 6.42 Å². The zero-order valence-corrected chi connectivity index (χ0v) is 10.4. The quantitative estimate of drug-likeness (QED) is 0.767. The third-order valence-electron chi connectivity index (χ3n) is 3.35. The maximum atomic E-state index is 14.0. The van der Waals surface area contributed by atoms with E-state index in [9.17, 15) is 9.18 Å². The van der Waals surface area contributed by atoms with Gasteiger partial charge in [0.15, 0.2) is 0 Å². The summed E-state index contributed by atoms with van der Waals surface area (Å²) in [7, 11) is 0. The Morgan fingerprint density at radius 1 is 1.16 bits per heavy atom. The number of benzene rings is 2. The molecule has 0 spiro atoms. The van der Waals surface area contributed by atoms with Crippen molar-refractivity contribution in [2.45, 2.75) is 12.8 Å². The normalized spacial score (nSPS) is 13.5. The van der Waals surface area contributed by atoms with Crippen LogP contribution in [0.3, 0.4) is 0 Å². The van der Waals surface area contributed by atoms with Crippen LogP contribution in [0.5, 0.6) is 5.75 Å². The van der Waals surface area contributed by atoms with Gasteiger partial charge >= 0.3 is 0 Å². The lowest BCUT2D eigenvalue weighted by Crippen LogP contribution is -2.09. The van der Waals surface area contributed by atoms with Crippen molar-refractivity contribution in [3.8, 4) is 16.9 Å². The molecule has 3 rings (SSSR count). The third-order valence-corrected chi connectivity index (χ3v) is 3.35. The van der Waals surface area contributed by atoms with Crippen molar-refractivity contribution in [1.82, 2.24) is 0 Å². The van der Waals surface area contributed by atoms with Gasteiger partial charge in [0.1, 0.15) is 17.9 Å². The van der Waals surface area contributed by atoms with Gasteiger partial charge in [-0.25, -0.2) is 4.39 Å². The van der Waals surface area contributed by atoms with Crippen molar-refractivity contribution in [2.75, 3.05) is 6.61 Å². The molecule has 2 nitrogen and oxygen atoms in total. The molecule has 0 radical (unpaired) electrons. The second kappa shape index (κ2) is 4.84. The lowest BCUT2D eigenvalue weighted by atomic mass is 9.96. The number of halogens is 1. The fourth-order valence-corrected chi connectivity index (χ4v) is 2.42. The van der Waals surface area contributed by atoms with Gasteiger partial charge in [0, 0.05) is 16.7 Å². The van der Waals surface area contributed by atoms with Crippen LogP contribution < -0.4 is 4.74 Å². The van der Waals surface area contributed by atoms with Crippen LogP contribution in [0.25, 0.3) is 11.1 Å². The van der Waals surface area contributed by atoms with Gasteiger partial charge in [-0.2, -0.15) is 0 Å². The van der Waals surface area contributed by atoms with Crippen LogP contribution in [0.4, 0.5) is 4.39 Å². The highest BCUT2D eigenvalue weighted by molar-refractivity contribution is 5.81. The summed E-state index contributed by atoms with van der Waals surface area (Å²) in [6.45, 7) is 0.652. The Bertz CT molecular complexity index is 635. The van der Waals surface area contributed by atoms with Gasteiger partial charge in [0.2, 0.25) is 0 Å². The van der Waals surface area contributed by atoms with E-state index in [1.807, 2.05) is 18.2 Å². The molecule has 0 N–H and O–H groups in total. The Morgan fingerprint density at radius 3 is 2.89 bits per heavy atom. The zero-order chi connectivity index (χ0) is 13.2. The molecule has 1 aliphatic heterocycles. The molecule has 0 bridgehead atoms. The van der Waals surface area contributed by atoms with Crippen LogP contribution in [0, 0.1) is 5.82 Å². The van der Waals surface area contributed by atoms with E-state index in [4.69, 9.17) is 4.74 Å². The van der Waals surface area contributed by atoms with Crippen LogP contribution in [0.1, 0.15) is 22.3 Å². The first-order valence-corrected chi connectivity index (χ1v) is 6.29. The average molecular weight is 256 g/mol. The highest BCUT2D eigenvalue weighted by atomic mass is 19.1. The SMILES string of the molecule is O=Cc1ccc(F)c(-c2cccc3c2OCCC3)c1. The van der Waals surface area contributed by atoms with E-state index < -0.39 is 0 Å². The van der Waals surface area contributed by atoms with E-state index in [0.29, 0.717) is 17.7 Å². The molecule has 0 aliphatic carbocycles. The minimum atomic E-state index is -0.340. The molecule has 3 heteroatoms. The molecule has 2 aromatic rings. The number of aryl methyl sites for hydroxylation is 1. The number of hydrogen-bond donors (Lipinski definition) is 0. The zero-order valence-electron chi connectivity index (χ0n) is 10.4. The third kappa shape index (κ3) is 2.12. The Balaban J connectivity index is 2.19. The van der Waals surface area contributed by atoms with Gasteiger partial charge in [-0.1, -0.05) is 18.2 Å². The number of aldehydes is 1. The van der Waals surface area contributed by atoms with Gasteiger partial charge in [-0.3, -0.25) is 4.79 Å². The molecule has 0 fully saturated rings. The monoisotopic (exact) mass is 256 g/mol. The summed E-state index contributed by atoms with van der Waals surface area (Å²) in [5.74, 6) is 0.406. The van der Waals surface area contributed by atoms with Crippen molar-refractivity contribution in [2.24, 2.45) is 0 Å². The number of fused-ring (bicyclic) bond motifs is 1. The predicted molar refractivity (Wildman–Crippen MR) is 71.0 cm³/mol. The highest BCUT2D eigenvalue weighted by Crippen LogP contribution is 2.37. The van der Waals surface area contributed by atoms with Crippen molar-refractivity contribution in [1.29, 1.82) is 0 Å². The summed E-state index contributed by atoms with van der Waals surface area (Å²) in [6.07, 6.45) is 2.64. The Morgan fingerprint density at radius 2 is 2.05 bits per heavy atom. The molecular formula is C16H13FO2. The van der Waals surface area contributed by atoms with Gasteiger partial charge in [-0.05, 0) is 36.6 Å². The van der Waals surface area contributed by atoms with Crippen molar-refractivity contribution in [3.05, 3.63) is 53.3 Å². The summed E-state index contributed by atoms with van der Waals surface area (Å²) in [5.41, 5.74) is 2.70. The smallest absolute Gasteiger partial charge is 0.150 e. The second-order valence-electron chi connectivity index (χ2n) is 4.60. The lowest BCUT2D eigenvalue weighted by molar-refractivity contribution is 0.112. The predicted octanol–water partition coefficient (Wildman–Crippen LogP) is 3.63. The fraction of sp³-hybridized carbons (Fsp3) is 0.188. The Labute approximate surface area is 110 Å². The summed E-state index contributed by atoms with van der Waals surface area (Å²) in [6, 6.07) is 10.1. The van der Waals surface area contributed by atoms with Crippen molar-refractivity contribution >= 4 is 6.29 Å². The highest BCUT2D eigenvalue weighted by Gasteiger charge is 2.17. The van der Waals surface area contributed by atoms with E-state index in [1.165, 1.54) is 12.1 Å². The van der Waals surface area contributed by atoms with Crippen LogP contribution in [0.15, 0.2) is 36.4 Å². The number of ether oxygens (including phenoxy) is 1. The van der Waals surface area contributed by atoms with Crippen LogP contribution >= 0.6 is 0 Å². The first-order valence-electron chi connectivity index (χ1n) is 6.29. The molecule has 2 aromatic carbocycles. The molecule has 0 saturated carbocycles. The van der Waals surface area contributed by atoms with Gasteiger partial charge in [0.25, 0.3) is 0 Å². The van der Waals surface area contributed by atoms with Crippen LogP contribution in [0.2, 0.25) is 0 Å². The number of carbonyl (C=O) groups excluding carboxylic acids is 1. The summed E-state index contributed by atoms with van der Waals surface area (Å²) in [4.78, 5) is 10.8. The topological polar surface area (TPSA) is 26.3 Å². The van der Waals surface area contributed by atoms with Gasteiger partial charge < -0.3 is 4.74 Å². The first kappa shape index (κ1) is 11.9. The first-order chi connectivity index (χ1) is 9.29. The van der Waals surface area contributed by atoms with Gasteiger partial charge in [0.05, 0.1) is 6.61 Å². The number of rotatable bonds is 2. The minimum absolute atomic E-state index is 0.340. The molecule has 1 heterocycles. The Hall–Kier alpha value is -2.16. The minimum Gasteiger partial charge on any atom is -0.493 e. The molecule has 19 heavy (non-hydrogen) atoms. The standard InChI is InChI=1S/C16H13FO2/c17-15-7-6-11(10-18)9-14(15)13-5-1-3-12-4-2-8-19-16(12)13/h1,3,5-7,9-10H,2,4,8H2. The maximum Gasteiger partial charge on any atom is 0.150 e. The fourth-order valence-electron chi connectivity index (χ4n) is 2.42. The number of para-hydroxylation sites is 1. The second-order valence-corrected chi connectivity index (χ2v) is 4.60. The van der Waals surface area contributed by atoms with Crippen LogP contribution in [-0.4, -0.2) is 12.9 Å². The largest absolute Gasteiger partial charge is 0.493 e. The molecule has 0 unspecified atom stereocenters. The molecule has 0 saturated heterocycles. The number of carbonyl (C=O) groups is 1. The molecule has 0 aromatic heterocycles. The molecule has 96 valence electrons. The molecule has 0 atom stereocenters. The number of hydrogen-bond acceptors (Lipinski definition) is 2. The molecule has 0 amide bonds. The van der Waals surface area contributed by atoms with Crippen molar-refractivity contribution < 1.29 is 13.9 Å². The summed E-state index contributed by atoms with van der Waals surface area (Å²) < 4.78 is 19.7. The van der Waals surface area contributed by atoms with E-state index in [2.05, 4.69) is 0 Å². The van der Waals surface area contributed by atoms with E-state index >= 15 is 0 Å². The summed E-state index contributed by atoms with van der Waals surface area (Å²) in [5, 5.41) is 0. The molecule has 1 aliphatic rings. The summed E-state index contributed by atoms with van der Waals surface area (Å²) >= 11 is 0. The lowest BCUT2D eigenvalue weighted by Gasteiger charge is -2.20. The maximum absolute atomic E-state index is 14.0. The van der Waals surface area contributed by atoms with E-state index in [-0.39, 0.29) is 5.82 Å².